The van der Waals surface area contributed by atoms with Gasteiger partial charge in [-0.15, -0.1) is 0 Å². The van der Waals surface area contributed by atoms with Crippen molar-refractivity contribution < 1.29 is 55.9 Å². The van der Waals surface area contributed by atoms with E-state index in [1.807, 2.05) is 4.98 Å². The van der Waals surface area contributed by atoms with Gasteiger partial charge in [0.1, 0.15) is 24.4 Å². The molecule has 2 aliphatic rings. The highest BCUT2D eigenvalue weighted by Crippen LogP contribution is 2.80. The number of ether oxygens (including phenoxy) is 1. The molecule has 170 valence electrons. The largest absolute Gasteiger partial charge is 0.492 e. The fraction of sp³-hybridized carbons (Fsp3) is 0.636. The molecule has 6 atom stereocenters. The van der Waals surface area contributed by atoms with E-state index in [1.165, 1.54) is 0 Å². The molecule has 30 heavy (non-hydrogen) atoms. The number of aryl methyl sites for hydroxylation is 1. The maximum Gasteiger partial charge on any atom is 0.492 e. The second kappa shape index (κ2) is 8.17. The van der Waals surface area contributed by atoms with Crippen LogP contribution in [-0.4, -0.2) is 54.5 Å². The maximum absolute atomic E-state index is 12.2. The van der Waals surface area contributed by atoms with Gasteiger partial charge in [-0.25, -0.2) is 18.5 Å². The average Bonchev–Trinajstić information content (AvgIpc) is 2.85. The first-order valence-electron chi connectivity index (χ1n) is 8.15. The van der Waals surface area contributed by atoms with E-state index in [-0.39, 0.29) is 12.1 Å². The van der Waals surface area contributed by atoms with Crippen molar-refractivity contribution in [2.24, 2.45) is 0 Å². The number of nitrogens with one attached hydrogen (secondary N) is 1. The Morgan fingerprint density at radius 3 is 2.27 bits per heavy atom. The monoisotopic (exact) mass is 494 g/mol. The van der Waals surface area contributed by atoms with Gasteiger partial charge in [0, 0.05) is 12.7 Å². The second-order valence-electron chi connectivity index (χ2n) is 6.13. The summed E-state index contributed by atoms with van der Waals surface area (Å²) in [5.74, 6) is 0. The van der Waals surface area contributed by atoms with Crippen LogP contribution in [0.2, 0.25) is 0 Å². The van der Waals surface area contributed by atoms with Gasteiger partial charge in [-0.05, 0) is 6.92 Å². The van der Waals surface area contributed by atoms with Crippen LogP contribution in [0.4, 0.5) is 0 Å². The van der Waals surface area contributed by atoms with Gasteiger partial charge in [0.15, 0.2) is 0 Å². The lowest BCUT2D eigenvalue weighted by atomic mass is 10.0. The van der Waals surface area contributed by atoms with Crippen LogP contribution in [0.1, 0.15) is 18.6 Å². The van der Waals surface area contributed by atoms with Gasteiger partial charge in [-0.2, -0.15) is 12.9 Å². The molecule has 0 amide bonds. The Kier molecular flexibility index (Phi) is 6.45. The standard InChI is InChI=1S/C11H17N2O14P3/c1-2-13-3-5(10(16)12-11(13)17)9-8(15)7(14)6(24-9)4-23-30(22)26-28(18,19)25-29(20,21)27-30/h3,6-9,14-15H,2,4H2,1H3,(H,18,19)(H,20,21)(H,12,16,17)/t6-,7+,8?,9+/m1/s1. The zero-order valence-corrected chi connectivity index (χ0v) is 17.6. The van der Waals surface area contributed by atoms with Crippen molar-refractivity contribution in [3.8, 4) is 0 Å². The van der Waals surface area contributed by atoms with Crippen LogP contribution in [0.3, 0.4) is 0 Å². The van der Waals surface area contributed by atoms with Crippen molar-refractivity contribution in [2.75, 3.05) is 6.61 Å². The average molecular weight is 494 g/mol. The van der Waals surface area contributed by atoms with Crippen LogP contribution < -0.4 is 11.2 Å². The molecule has 0 saturated carbocycles. The molecule has 5 N–H and O–H groups in total. The quantitative estimate of drug-likeness (QED) is 0.313. The Labute approximate surface area is 166 Å². The lowest BCUT2D eigenvalue weighted by Gasteiger charge is -2.27. The molecule has 19 heteroatoms. The van der Waals surface area contributed by atoms with Crippen molar-refractivity contribution in [3.63, 3.8) is 0 Å². The molecule has 2 saturated heterocycles. The van der Waals surface area contributed by atoms with Crippen molar-refractivity contribution in [1.82, 2.24) is 9.55 Å². The molecule has 3 unspecified atom stereocenters. The molecule has 16 nitrogen and oxygen atoms in total. The van der Waals surface area contributed by atoms with E-state index in [9.17, 15) is 43.3 Å². The molecule has 1 aromatic rings. The minimum absolute atomic E-state index is 0.183. The zero-order chi connectivity index (χ0) is 22.5. The number of phosphoric acid groups is 3. The molecule has 2 fully saturated rings. The third kappa shape index (κ3) is 4.91. The second-order valence-corrected chi connectivity index (χ2v) is 11.1. The number of H-pyrrole nitrogens is 1. The van der Waals surface area contributed by atoms with Crippen molar-refractivity contribution >= 4 is 23.5 Å². The first-order chi connectivity index (χ1) is 13.8. The van der Waals surface area contributed by atoms with E-state index < -0.39 is 65.7 Å². The zero-order valence-electron chi connectivity index (χ0n) is 15.0. The van der Waals surface area contributed by atoms with Gasteiger partial charge in [0.05, 0.1) is 12.2 Å². The Hall–Kier alpha value is -0.990. The fourth-order valence-corrected chi connectivity index (χ4v) is 7.68. The summed E-state index contributed by atoms with van der Waals surface area (Å²) in [7, 11) is -15.6. The Balaban J connectivity index is 1.78. The van der Waals surface area contributed by atoms with Crippen molar-refractivity contribution in [3.05, 3.63) is 32.6 Å². The lowest BCUT2D eigenvalue weighted by molar-refractivity contribution is -0.0236. The molecule has 3 heterocycles. The Morgan fingerprint density at radius 2 is 1.70 bits per heavy atom. The summed E-state index contributed by atoms with van der Waals surface area (Å²) in [6, 6.07) is 0. The van der Waals surface area contributed by atoms with Gasteiger partial charge in [-0.1, -0.05) is 0 Å². The smallest absolute Gasteiger partial charge is 0.387 e. The van der Waals surface area contributed by atoms with Crippen LogP contribution in [0, 0.1) is 0 Å². The molecule has 0 radical (unpaired) electrons. The third-order valence-electron chi connectivity index (χ3n) is 4.06. The fourth-order valence-electron chi connectivity index (χ4n) is 2.75. The topological polar surface area (TPSA) is 233 Å². The predicted octanol–water partition coefficient (Wildman–Crippen LogP) is -0.893. The molecule has 0 spiro atoms. The van der Waals surface area contributed by atoms with E-state index in [0.29, 0.717) is 0 Å². The summed E-state index contributed by atoms with van der Waals surface area (Å²) in [6.45, 7) is 0.881. The minimum atomic E-state index is -5.26. The van der Waals surface area contributed by atoms with E-state index in [4.69, 9.17) is 4.74 Å². The van der Waals surface area contributed by atoms with E-state index in [2.05, 4.69) is 17.5 Å². The lowest BCUT2D eigenvalue weighted by Crippen LogP contribution is -2.36. The first kappa shape index (κ1) is 23.7. The van der Waals surface area contributed by atoms with E-state index in [1.54, 1.807) is 6.92 Å². The summed E-state index contributed by atoms with van der Waals surface area (Å²) < 4.78 is 58.0. The van der Waals surface area contributed by atoms with E-state index >= 15 is 0 Å². The first-order valence-corrected chi connectivity index (χ1v) is 12.6. The SMILES string of the molecule is CCn1cc([C@@H]2O[C@H](COP3(=O)OP(=O)(O)OP(=O)(O)O3)[C@H](O)C2O)c(=O)[nH]c1=O. The van der Waals surface area contributed by atoms with Crippen molar-refractivity contribution in [2.45, 2.75) is 37.9 Å². The molecule has 0 aliphatic carbocycles. The van der Waals surface area contributed by atoms with Crippen LogP contribution in [0.5, 0.6) is 0 Å². The molecule has 3 rings (SSSR count). The number of nitrogens with zero attached hydrogens (tertiary/aromatic N) is 1. The predicted molar refractivity (Wildman–Crippen MR) is 93.1 cm³/mol. The van der Waals surface area contributed by atoms with Gasteiger partial charge in [0.25, 0.3) is 5.56 Å². The van der Waals surface area contributed by atoms with Gasteiger partial charge in [0.2, 0.25) is 0 Å². The normalized spacial score (nSPS) is 41.8. The Bertz CT molecular complexity index is 1050. The van der Waals surface area contributed by atoms with Crippen LogP contribution in [0.25, 0.3) is 0 Å². The van der Waals surface area contributed by atoms with Gasteiger partial charge >= 0.3 is 29.2 Å². The number of hydrogen-bond donors (Lipinski definition) is 5. The van der Waals surface area contributed by atoms with Crippen LogP contribution in [-0.2, 0) is 42.4 Å². The van der Waals surface area contributed by atoms with E-state index in [0.717, 1.165) is 10.8 Å². The number of aromatic amines is 1. The van der Waals surface area contributed by atoms with Crippen LogP contribution >= 0.6 is 23.5 Å². The maximum atomic E-state index is 12.2. The number of aliphatic hydroxyl groups is 2. The summed E-state index contributed by atoms with van der Waals surface area (Å²) >= 11 is 0. The summed E-state index contributed by atoms with van der Waals surface area (Å²) in [5.41, 5.74) is -1.78. The molecule has 2 aliphatic heterocycles. The van der Waals surface area contributed by atoms with Gasteiger partial charge < -0.3 is 29.3 Å². The molecule has 0 aromatic carbocycles. The Morgan fingerprint density at radius 1 is 1.10 bits per heavy atom. The summed E-state index contributed by atoms with van der Waals surface area (Å²) in [6.07, 6.45) is -5.19. The highest BCUT2D eigenvalue weighted by molar-refractivity contribution is 7.74. The summed E-state index contributed by atoms with van der Waals surface area (Å²) in [5, 5.41) is 20.4. The minimum Gasteiger partial charge on any atom is -0.387 e. The molecular weight excluding hydrogens is 477 g/mol. The number of rotatable bonds is 5. The van der Waals surface area contributed by atoms with Crippen molar-refractivity contribution in [1.29, 1.82) is 0 Å². The number of aliphatic hydroxyl groups excluding tert-OH is 2. The third-order valence-corrected chi connectivity index (χ3v) is 9.42. The number of hydrogen-bond acceptors (Lipinski definition) is 12. The van der Waals surface area contributed by atoms with Crippen LogP contribution in [0.15, 0.2) is 15.8 Å². The molecular formula is C11H17N2O14P3. The molecule has 0 bridgehead atoms. The molecule has 1 aromatic heterocycles. The van der Waals surface area contributed by atoms with Gasteiger partial charge in [-0.3, -0.25) is 14.3 Å². The summed E-state index contributed by atoms with van der Waals surface area (Å²) in [4.78, 5) is 44.1. The number of aromatic nitrogens is 2. The highest BCUT2D eigenvalue weighted by atomic mass is 31.3. The highest BCUT2D eigenvalue weighted by Gasteiger charge is 2.55.